The van der Waals surface area contributed by atoms with Crippen molar-refractivity contribution in [1.82, 2.24) is 10.2 Å². The summed E-state index contributed by atoms with van der Waals surface area (Å²) in [7, 11) is 2.13. The number of rotatable bonds is 1. The molecule has 1 unspecified atom stereocenters. The quantitative estimate of drug-likeness (QED) is 0.726. The summed E-state index contributed by atoms with van der Waals surface area (Å²) >= 11 is 0. The average molecular weight is 206 g/mol. The number of nitrogens with zero attached hydrogens (tertiary/aromatic N) is 1. The lowest BCUT2D eigenvalue weighted by molar-refractivity contribution is 0.202. The van der Waals surface area contributed by atoms with Crippen LogP contribution in [0.3, 0.4) is 0 Å². The summed E-state index contributed by atoms with van der Waals surface area (Å²) < 4.78 is 0. The normalized spacial score (nSPS) is 22.9. The molecule has 1 saturated heterocycles. The number of aromatic hydroxyl groups is 1. The monoisotopic (exact) mass is 206 g/mol. The predicted octanol–water partition coefficient (Wildman–Crippen LogP) is 1.28. The van der Waals surface area contributed by atoms with Gasteiger partial charge in [-0.25, -0.2) is 0 Å². The zero-order valence-electron chi connectivity index (χ0n) is 9.33. The first kappa shape index (κ1) is 10.5. The SMILES string of the molecule is Cc1ccc(C2CNCCN2C)cc1O. The Morgan fingerprint density at radius 3 is 2.93 bits per heavy atom. The van der Waals surface area contributed by atoms with Crippen molar-refractivity contribution in [3.05, 3.63) is 29.3 Å². The van der Waals surface area contributed by atoms with Gasteiger partial charge in [-0.05, 0) is 31.2 Å². The van der Waals surface area contributed by atoms with Crippen molar-refractivity contribution < 1.29 is 5.11 Å². The maximum Gasteiger partial charge on any atom is 0.118 e. The van der Waals surface area contributed by atoms with Crippen LogP contribution in [-0.4, -0.2) is 36.7 Å². The Balaban J connectivity index is 2.24. The number of nitrogens with one attached hydrogen (secondary N) is 1. The van der Waals surface area contributed by atoms with E-state index in [2.05, 4.69) is 23.3 Å². The molecule has 0 amide bonds. The van der Waals surface area contributed by atoms with E-state index in [9.17, 15) is 5.11 Å². The van der Waals surface area contributed by atoms with Gasteiger partial charge in [0, 0.05) is 25.7 Å². The fraction of sp³-hybridized carbons (Fsp3) is 0.500. The first-order valence-corrected chi connectivity index (χ1v) is 5.39. The topological polar surface area (TPSA) is 35.5 Å². The van der Waals surface area contributed by atoms with Crippen LogP contribution in [-0.2, 0) is 0 Å². The number of aryl methyl sites for hydroxylation is 1. The van der Waals surface area contributed by atoms with E-state index in [-0.39, 0.29) is 0 Å². The van der Waals surface area contributed by atoms with Crippen LogP contribution in [0.15, 0.2) is 18.2 Å². The number of hydrogen-bond donors (Lipinski definition) is 2. The largest absolute Gasteiger partial charge is 0.508 e. The molecule has 1 heterocycles. The highest BCUT2D eigenvalue weighted by Gasteiger charge is 2.20. The maximum atomic E-state index is 9.68. The molecule has 0 aromatic heterocycles. The third-order valence-corrected chi connectivity index (χ3v) is 3.13. The van der Waals surface area contributed by atoms with Crippen LogP contribution < -0.4 is 5.32 Å². The van der Waals surface area contributed by atoms with Crippen LogP contribution >= 0.6 is 0 Å². The molecule has 1 fully saturated rings. The zero-order chi connectivity index (χ0) is 10.8. The molecule has 0 saturated carbocycles. The van der Waals surface area contributed by atoms with Crippen molar-refractivity contribution in [3.63, 3.8) is 0 Å². The summed E-state index contributed by atoms with van der Waals surface area (Å²) in [6.45, 7) is 4.98. The van der Waals surface area contributed by atoms with Crippen LogP contribution in [0.25, 0.3) is 0 Å². The molecular weight excluding hydrogens is 188 g/mol. The molecule has 1 aliphatic rings. The number of hydrogen-bond acceptors (Lipinski definition) is 3. The van der Waals surface area contributed by atoms with E-state index >= 15 is 0 Å². The molecule has 0 spiro atoms. The number of phenolic OH excluding ortho intramolecular Hbond substituents is 1. The van der Waals surface area contributed by atoms with E-state index in [1.165, 1.54) is 5.56 Å². The molecule has 2 N–H and O–H groups in total. The maximum absolute atomic E-state index is 9.68. The second-order valence-electron chi connectivity index (χ2n) is 4.25. The van der Waals surface area contributed by atoms with E-state index < -0.39 is 0 Å². The summed E-state index contributed by atoms with van der Waals surface area (Å²) in [5.74, 6) is 0.395. The Bertz CT molecular complexity index is 351. The standard InChI is InChI=1S/C12H18N2O/c1-9-3-4-10(7-12(9)15)11-8-13-5-6-14(11)2/h3-4,7,11,13,15H,5-6,8H2,1-2H3. The Kier molecular flexibility index (Phi) is 2.93. The predicted molar refractivity (Wildman–Crippen MR) is 61.1 cm³/mol. The Hall–Kier alpha value is -1.06. The van der Waals surface area contributed by atoms with E-state index in [1.54, 1.807) is 0 Å². The fourth-order valence-corrected chi connectivity index (χ4v) is 2.01. The minimum absolute atomic E-state index is 0.380. The van der Waals surface area contributed by atoms with Crippen LogP contribution in [0.2, 0.25) is 0 Å². The summed E-state index contributed by atoms with van der Waals surface area (Å²) in [5.41, 5.74) is 2.12. The molecule has 82 valence electrons. The number of likely N-dealkylation sites (N-methyl/N-ethyl adjacent to an activating group) is 1. The number of piperazine rings is 1. The van der Waals surface area contributed by atoms with Crippen molar-refractivity contribution in [3.8, 4) is 5.75 Å². The lowest BCUT2D eigenvalue weighted by Crippen LogP contribution is -2.43. The molecule has 1 atom stereocenters. The number of benzene rings is 1. The van der Waals surface area contributed by atoms with Gasteiger partial charge >= 0.3 is 0 Å². The Morgan fingerprint density at radius 1 is 1.47 bits per heavy atom. The minimum atomic E-state index is 0.380. The molecule has 1 aliphatic heterocycles. The lowest BCUT2D eigenvalue weighted by atomic mass is 10.0. The van der Waals surface area contributed by atoms with Crippen molar-refractivity contribution in [2.24, 2.45) is 0 Å². The van der Waals surface area contributed by atoms with Gasteiger partial charge in [0.05, 0.1) is 0 Å². The van der Waals surface area contributed by atoms with Gasteiger partial charge < -0.3 is 10.4 Å². The molecule has 0 radical (unpaired) electrons. The molecule has 3 nitrogen and oxygen atoms in total. The molecule has 1 aromatic rings. The van der Waals surface area contributed by atoms with Crippen LogP contribution in [0.5, 0.6) is 5.75 Å². The average Bonchev–Trinajstić information content (AvgIpc) is 2.23. The van der Waals surface area contributed by atoms with E-state index in [0.717, 1.165) is 25.2 Å². The molecule has 3 heteroatoms. The van der Waals surface area contributed by atoms with Gasteiger partial charge in [0.25, 0.3) is 0 Å². The smallest absolute Gasteiger partial charge is 0.118 e. The highest BCUT2D eigenvalue weighted by molar-refractivity contribution is 5.36. The molecule has 1 aromatic carbocycles. The minimum Gasteiger partial charge on any atom is -0.508 e. The third-order valence-electron chi connectivity index (χ3n) is 3.13. The van der Waals surface area contributed by atoms with Crippen LogP contribution in [0, 0.1) is 6.92 Å². The summed E-state index contributed by atoms with van der Waals surface area (Å²) in [4.78, 5) is 2.32. The zero-order valence-corrected chi connectivity index (χ0v) is 9.33. The molecule has 0 aliphatic carbocycles. The molecule has 2 rings (SSSR count). The Morgan fingerprint density at radius 2 is 2.27 bits per heavy atom. The van der Waals surface area contributed by atoms with Gasteiger partial charge in [-0.1, -0.05) is 12.1 Å². The fourth-order valence-electron chi connectivity index (χ4n) is 2.01. The van der Waals surface area contributed by atoms with Gasteiger partial charge in [0.1, 0.15) is 5.75 Å². The molecular formula is C12H18N2O. The lowest BCUT2D eigenvalue weighted by Gasteiger charge is -2.33. The van der Waals surface area contributed by atoms with Crippen molar-refractivity contribution in [1.29, 1.82) is 0 Å². The van der Waals surface area contributed by atoms with Gasteiger partial charge in [0.2, 0.25) is 0 Å². The molecule has 15 heavy (non-hydrogen) atoms. The summed E-state index contributed by atoms with van der Waals surface area (Å²) in [6, 6.07) is 6.34. The third kappa shape index (κ3) is 2.13. The highest BCUT2D eigenvalue weighted by Crippen LogP contribution is 2.25. The van der Waals surface area contributed by atoms with Crippen molar-refractivity contribution in [2.45, 2.75) is 13.0 Å². The van der Waals surface area contributed by atoms with Crippen LogP contribution in [0.1, 0.15) is 17.2 Å². The van der Waals surface area contributed by atoms with Gasteiger partial charge in [-0.2, -0.15) is 0 Å². The van der Waals surface area contributed by atoms with Crippen molar-refractivity contribution in [2.75, 3.05) is 26.7 Å². The van der Waals surface area contributed by atoms with Gasteiger partial charge in [-0.3, -0.25) is 4.90 Å². The van der Waals surface area contributed by atoms with Crippen LogP contribution in [0.4, 0.5) is 0 Å². The van der Waals surface area contributed by atoms with E-state index in [0.29, 0.717) is 11.8 Å². The van der Waals surface area contributed by atoms with E-state index in [1.807, 2.05) is 19.1 Å². The molecule has 0 bridgehead atoms. The number of phenols is 1. The second-order valence-corrected chi connectivity index (χ2v) is 4.25. The van der Waals surface area contributed by atoms with E-state index in [4.69, 9.17) is 0 Å². The summed E-state index contributed by atoms with van der Waals surface area (Å²) in [5, 5.41) is 13.1. The highest BCUT2D eigenvalue weighted by atomic mass is 16.3. The van der Waals surface area contributed by atoms with Gasteiger partial charge in [0.15, 0.2) is 0 Å². The summed E-state index contributed by atoms with van der Waals surface area (Å²) in [6.07, 6.45) is 0. The first-order valence-electron chi connectivity index (χ1n) is 5.39. The van der Waals surface area contributed by atoms with Gasteiger partial charge in [-0.15, -0.1) is 0 Å². The Labute approximate surface area is 90.7 Å². The first-order chi connectivity index (χ1) is 7.18. The van der Waals surface area contributed by atoms with Crippen molar-refractivity contribution >= 4 is 0 Å². The second kappa shape index (κ2) is 4.21.